The lowest BCUT2D eigenvalue weighted by atomic mass is 10.3. The number of pyridine rings is 1. The van der Waals surface area contributed by atoms with E-state index in [0.29, 0.717) is 5.82 Å². The summed E-state index contributed by atoms with van der Waals surface area (Å²) in [5.74, 6) is -0.0761. The van der Waals surface area contributed by atoms with Crippen LogP contribution in [0.4, 0.5) is 5.82 Å². The van der Waals surface area contributed by atoms with Gasteiger partial charge in [0.2, 0.25) is 0 Å². The van der Waals surface area contributed by atoms with Gasteiger partial charge in [-0.15, -0.1) is 0 Å². The smallest absolute Gasteiger partial charge is 0.274 e. The molecule has 0 radical (unpaired) electrons. The molecule has 1 heterocycles. The highest BCUT2D eigenvalue weighted by molar-refractivity contribution is 6.45. The molecule has 0 atom stereocenters. The van der Waals surface area contributed by atoms with Crippen molar-refractivity contribution in [1.82, 2.24) is 4.98 Å². The number of hydrogen-bond donors (Lipinski definition) is 2. The number of amides is 1. The Bertz CT molecular complexity index is 332. The molecule has 0 unspecified atom stereocenters. The summed E-state index contributed by atoms with van der Waals surface area (Å²) >= 11 is 0. The van der Waals surface area contributed by atoms with Crippen molar-refractivity contribution in [2.24, 2.45) is 0 Å². The maximum absolute atomic E-state index is 11.1. The number of nitrogens with one attached hydrogen (secondary N) is 2. The molecule has 13 heavy (non-hydrogen) atoms. The Labute approximate surface area is 75.8 Å². The van der Waals surface area contributed by atoms with Crippen LogP contribution in [0.2, 0.25) is 0 Å². The summed E-state index contributed by atoms with van der Waals surface area (Å²) in [5, 5.41) is 9.58. The molecule has 4 nitrogen and oxygen atoms in total. The fourth-order valence-electron chi connectivity index (χ4n) is 0.713. The van der Waals surface area contributed by atoms with Crippen LogP contribution in [0.5, 0.6) is 0 Å². The second-order valence-electron chi connectivity index (χ2n) is 2.29. The van der Waals surface area contributed by atoms with Gasteiger partial charge in [0.15, 0.2) is 0 Å². The lowest BCUT2D eigenvalue weighted by Gasteiger charge is -2.01. The van der Waals surface area contributed by atoms with Gasteiger partial charge in [0.1, 0.15) is 11.5 Å². The average molecular weight is 175 g/mol. The first-order valence-corrected chi connectivity index (χ1v) is 3.67. The van der Waals surface area contributed by atoms with E-state index in [4.69, 9.17) is 5.41 Å². The second kappa shape index (κ2) is 4.15. The zero-order valence-corrected chi connectivity index (χ0v) is 6.95. The molecule has 0 aromatic carbocycles. The first kappa shape index (κ1) is 9.12. The van der Waals surface area contributed by atoms with Crippen LogP contribution in [-0.2, 0) is 4.79 Å². The molecule has 0 aliphatic carbocycles. The Kier molecular flexibility index (Phi) is 2.92. The molecule has 0 spiro atoms. The Balaban J connectivity index is 2.65. The van der Waals surface area contributed by atoms with Gasteiger partial charge in [-0.25, -0.2) is 4.98 Å². The molecule has 4 heteroatoms. The predicted molar refractivity (Wildman–Crippen MR) is 50.8 cm³/mol. The van der Waals surface area contributed by atoms with E-state index < -0.39 is 5.91 Å². The van der Waals surface area contributed by atoms with E-state index in [1.807, 2.05) is 0 Å². The molecular weight excluding hydrogens is 166 g/mol. The van der Waals surface area contributed by atoms with Gasteiger partial charge in [-0.3, -0.25) is 10.2 Å². The minimum atomic E-state index is -0.506. The van der Waals surface area contributed by atoms with Crippen molar-refractivity contribution in [1.29, 1.82) is 5.41 Å². The number of anilines is 1. The summed E-state index contributed by atoms with van der Waals surface area (Å²) in [7, 11) is 0. The first-order chi connectivity index (χ1) is 6.24. The zero-order valence-electron chi connectivity index (χ0n) is 6.95. The summed E-state index contributed by atoms with van der Waals surface area (Å²) in [6, 6.07) is 5.14. The standard InChI is InChI=1S/C9H9N3O/c1-2-7(10)9(13)12-8-5-3-4-6-11-8/h2-6,10H,1H2,(H,11,12,13). The molecule has 0 saturated carbocycles. The molecule has 0 fully saturated rings. The number of rotatable bonds is 3. The SMILES string of the molecule is C=CC(=N)C(=O)Nc1ccccn1. The van der Waals surface area contributed by atoms with Crippen LogP contribution in [-0.4, -0.2) is 16.6 Å². The van der Waals surface area contributed by atoms with E-state index in [9.17, 15) is 4.79 Å². The topological polar surface area (TPSA) is 65.8 Å². The van der Waals surface area contributed by atoms with Crippen LogP contribution in [0.3, 0.4) is 0 Å². The Hall–Kier alpha value is -1.97. The number of carbonyl (C=O) groups excluding carboxylic acids is 1. The Morgan fingerprint density at radius 2 is 2.38 bits per heavy atom. The zero-order chi connectivity index (χ0) is 9.68. The van der Waals surface area contributed by atoms with Crippen LogP contribution >= 0.6 is 0 Å². The molecule has 0 saturated heterocycles. The van der Waals surface area contributed by atoms with Crippen molar-refractivity contribution >= 4 is 17.4 Å². The number of carbonyl (C=O) groups is 1. The van der Waals surface area contributed by atoms with Crippen molar-refractivity contribution in [2.75, 3.05) is 5.32 Å². The summed E-state index contributed by atoms with van der Waals surface area (Å²) in [6.45, 7) is 3.32. The Morgan fingerprint density at radius 1 is 1.62 bits per heavy atom. The van der Waals surface area contributed by atoms with Gasteiger partial charge in [0.25, 0.3) is 5.91 Å². The van der Waals surface area contributed by atoms with E-state index >= 15 is 0 Å². The molecule has 0 aliphatic heterocycles. The number of hydrogen-bond acceptors (Lipinski definition) is 3. The van der Waals surface area contributed by atoms with Gasteiger partial charge in [-0.1, -0.05) is 12.6 Å². The Morgan fingerprint density at radius 3 is 2.92 bits per heavy atom. The second-order valence-corrected chi connectivity index (χ2v) is 2.29. The van der Waals surface area contributed by atoms with Gasteiger partial charge < -0.3 is 5.32 Å². The van der Waals surface area contributed by atoms with Crippen LogP contribution in [0.1, 0.15) is 0 Å². The van der Waals surface area contributed by atoms with Gasteiger partial charge in [0.05, 0.1) is 0 Å². The highest BCUT2D eigenvalue weighted by Crippen LogP contribution is 1.99. The normalized spacial score (nSPS) is 8.92. The molecule has 1 aromatic heterocycles. The predicted octanol–water partition coefficient (Wildman–Crippen LogP) is 1.23. The van der Waals surface area contributed by atoms with Crippen molar-refractivity contribution in [3.8, 4) is 0 Å². The largest absolute Gasteiger partial charge is 0.305 e. The lowest BCUT2D eigenvalue weighted by Crippen LogP contribution is -2.20. The number of aromatic nitrogens is 1. The molecule has 1 rings (SSSR count). The van der Waals surface area contributed by atoms with Crippen LogP contribution in [0.25, 0.3) is 0 Å². The highest BCUT2D eigenvalue weighted by atomic mass is 16.1. The summed E-state index contributed by atoms with van der Waals surface area (Å²) < 4.78 is 0. The maximum Gasteiger partial charge on any atom is 0.274 e. The van der Waals surface area contributed by atoms with Crippen LogP contribution in [0, 0.1) is 5.41 Å². The van der Waals surface area contributed by atoms with Crippen molar-refractivity contribution in [3.05, 3.63) is 37.1 Å². The van der Waals surface area contributed by atoms with Gasteiger partial charge in [-0.05, 0) is 18.2 Å². The first-order valence-electron chi connectivity index (χ1n) is 3.67. The molecule has 2 N–H and O–H groups in total. The van der Waals surface area contributed by atoms with Crippen LogP contribution < -0.4 is 5.32 Å². The summed E-state index contributed by atoms with van der Waals surface area (Å²) in [5.41, 5.74) is -0.175. The molecule has 1 amide bonds. The minimum Gasteiger partial charge on any atom is -0.305 e. The fraction of sp³-hybridized carbons (Fsp3) is 0. The lowest BCUT2D eigenvalue weighted by molar-refractivity contribution is -0.110. The monoisotopic (exact) mass is 175 g/mol. The van der Waals surface area contributed by atoms with Gasteiger partial charge in [-0.2, -0.15) is 0 Å². The molecule has 66 valence electrons. The molecule has 0 aliphatic rings. The van der Waals surface area contributed by atoms with E-state index in [1.165, 1.54) is 6.08 Å². The van der Waals surface area contributed by atoms with Gasteiger partial charge in [0, 0.05) is 6.20 Å². The molecule has 0 bridgehead atoms. The van der Waals surface area contributed by atoms with E-state index in [1.54, 1.807) is 24.4 Å². The van der Waals surface area contributed by atoms with Crippen molar-refractivity contribution in [3.63, 3.8) is 0 Å². The maximum atomic E-state index is 11.1. The van der Waals surface area contributed by atoms with Crippen molar-refractivity contribution < 1.29 is 4.79 Å². The summed E-state index contributed by atoms with van der Waals surface area (Å²) in [4.78, 5) is 15.0. The number of nitrogens with zero attached hydrogens (tertiary/aromatic N) is 1. The van der Waals surface area contributed by atoms with Crippen molar-refractivity contribution in [2.45, 2.75) is 0 Å². The minimum absolute atomic E-state index is 0.175. The van der Waals surface area contributed by atoms with E-state index in [2.05, 4.69) is 16.9 Å². The van der Waals surface area contributed by atoms with E-state index in [0.717, 1.165) is 0 Å². The van der Waals surface area contributed by atoms with E-state index in [-0.39, 0.29) is 5.71 Å². The quantitative estimate of drug-likeness (QED) is 0.678. The average Bonchev–Trinajstić information content (AvgIpc) is 2.18. The third-order valence-electron chi connectivity index (χ3n) is 1.36. The van der Waals surface area contributed by atoms with Crippen LogP contribution in [0.15, 0.2) is 37.1 Å². The fourth-order valence-corrected chi connectivity index (χ4v) is 0.713. The highest BCUT2D eigenvalue weighted by Gasteiger charge is 2.05. The third-order valence-corrected chi connectivity index (χ3v) is 1.36. The molecule has 1 aromatic rings. The summed E-state index contributed by atoms with van der Waals surface area (Å²) in [6.07, 6.45) is 2.74. The van der Waals surface area contributed by atoms with Gasteiger partial charge >= 0.3 is 0 Å². The third kappa shape index (κ3) is 2.52. The molecular formula is C9H9N3O.